The molecule has 0 spiro atoms. The molecule has 4 heteroatoms. The lowest BCUT2D eigenvalue weighted by Gasteiger charge is -2.25. The predicted octanol–water partition coefficient (Wildman–Crippen LogP) is 3.04. The monoisotopic (exact) mass is 263 g/mol. The fraction of sp³-hybridized carbons (Fsp3) is 0.917. The van der Waals surface area contributed by atoms with E-state index in [-0.39, 0.29) is 16.6 Å². The van der Waals surface area contributed by atoms with Crippen molar-refractivity contribution in [3.05, 3.63) is 0 Å². The van der Waals surface area contributed by atoms with E-state index in [0.717, 1.165) is 31.6 Å². The third-order valence-electron chi connectivity index (χ3n) is 2.95. The van der Waals surface area contributed by atoms with Gasteiger partial charge in [0.15, 0.2) is 0 Å². The molecule has 94 valence electrons. The molecule has 1 aliphatic rings. The first-order valence-corrected chi connectivity index (χ1v) is 7.59. The smallest absolute Gasteiger partial charge is 0.233 e. The minimum absolute atomic E-state index is 0.161. The van der Waals surface area contributed by atoms with Gasteiger partial charge in [0.2, 0.25) is 5.91 Å². The van der Waals surface area contributed by atoms with Crippen molar-refractivity contribution in [2.75, 3.05) is 18.2 Å². The second-order valence-corrected chi connectivity index (χ2v) is 6.86. The molecule has 1 amide bonds. The number of halogens is 1. The van der Waals surface area contributed by atoms with Gasteiger partial charge in [0.25, 0.3) is 0 Å². The SMILES string of the molecule is CC(C)(CCCCl)CNC(=O)C1CCCS1. The first-order chi connectivity index (χ1) is 7.55. The van der Waals surface area contributed by atoms with E-state index in [1.807, 2.05) is 0 Å². The molecule has 1 N–H and O–H groups in total. The van der Waals surface area contributed by atoms with E-state index in [1.165, 1.54) is 6.42 Å². The molecule has 1 rings (SSSR count). The summed E-state index contributed by atoms with van der Waals surface area (Å²) < 4.78 is 0. The molecule has 0 aromatic heterocycles. The minimum Gasteiger partial charge on any atom is -0.355 e. The largest absolute Gasteiger partial charge is 0.355 e. The van der Waals surface area contributed by atoms with Crippen molar-refractivity contribution in [1.29, 1.82) is 0 Å². The lowest BCUT2D eigenvalue weighted by atomic mass is 9.88. The maximum Gasteiger partial charge on any atom is 0.233 e. The molecule has 1 aliphatic heterocycles. The molecule has 2 nitrogen and oxygen atoms in total. The molecule has 1 unspecified atom stereocenters. The molecule has 1 saturated heterocycles. The molecule has 0 radical (unpaired) electrons. The third-order valence-corrected chi connectivity index (χ3v) is 4.59. The Morgan fingerprint density at radius 1 is 1.56 bits per heavy atom. The van der Waals surface area contributed by atoms with Gasteiger partial charge >= 0.3 is 0 Å². The van der Waals surface area contributed by atoms with Crippen LogP contribution in [0.25, 0.3) is 0 Å². The summed E-state index contributed by atoms with van der Waals surface area (Å²) in [6.07, 6.45) is 4.30. The van der Waals surface area contributed by atoms with Gasteiger partial charge in [-0.15, -0.1) is 23.4 Å². The normalized spacial score (nSPS) is 21.1. The van der Waals surface area contributed by atoms with Crippen LogP contribution in [0.3, 0.4) is 0 Å². The maximum absolute atomic E-state index is 11.8. The van der Waals surface area contributed by atoms with Crippen molar-refractivity contribution in [2.24, 2.45) is 5.41 Å². The van der Waals surface area contributed by atoms with Crippen LogP contribution in [0.4, 0.5) is 0 Å². The van der Waals surface area contributed by atoms with Crippen LogP contribution < -0.4 is 5.32 Å². The second kappa shape index (κ2) is 6.75. The molecule has 1 heterocycles. The predicted molar refractivity (Wildman–Crippen MR) is 72.2 cm³/mol. The molecule has 16 heavy (non-hydrogen) atoms. The van der Waals surface area contributed by atoms with E-state index >= 15 is 0 Å². The van der Waals surface area contributed by atoms with Crippen molar-refractivity contribution in [3.63, 3.8) is 0 Å². The molecule has 1 atom stereocenters. The van der Waals surface area contributed by atoms with E-state index in [0.29, 0.717) is 5.88 Å². The summed E-state index contributed by atoms with van der Waals surface area (Å²) in [6.45, 7) is 5.13. The zero-order valence-corrected chi connectivity index (χ0v) is 11.8. The number of alkyl halides is 1. The lowest BCUT2D eigenvalue weighted by molar-refractivity contribution is -0.121. The Morgan fingerprint density at radius 3 is 2.88 bits per heavy atom. The zero-order chi connectivity index (χ0) is 12.0. The Labute approximate surface area is 108 Å². The van der Waals surface area contributed by atoms with E-state index in [9.17, 15) is 4.79 Å². The van der Waals surface area contributed by atoms with Crippen LogP contribution in [0, 0.1) is 5.41 Å². The number of carbonyl (C=O) groups excluding carboxylic acids is 1. The number of thioether (sulfide) groups is 1. The highest BCUT2D eigenvalue weighted by Gasteiger charge is 2.25. The lowest BCUT2D eigenvalue weighted by Crippen LogP contribution is -2.38. The van der Waals surface area contributed by atoms with Gasteiger partial charge in [0, 0.05) is 12.4 Å². The van der Waals surface area contributed by atoms with Crippen LogP contribution in [0.15, 0.2) is 0 Å². The van der Waals surface area contributed by atoms with Crippen molar-refractivity contribution in [3.8, 4) is 0 Å². The molecule has 1 fully saturated rings. The van der Waals surface area contributed by atoms with E-state index in [4.69, 9.17) is 11.6 Å². The van der Waals surface area contributed by atoms with Crippen LogP contribution in [0.5, 0.6) is 0 Å². The Balaban J connectivity index is 2.24. The van der Waals surface area contributed by atoms with Gasteiger partial charge in [-0.25, -0.2) is 0 Å². The standard InChI is InChI=1S/C12H22ClNOS/c1-12(2,6-4-7-13)9-14-11(15)10-5-3-8-16-10/h10H,3-9H2,1-2H3,(H,14,15). The highest BCUT2D eigenvalue weighted by molar-refractivity contribution is 8.00. The van der Waals surface area contributed by atoms with Gasteiger partial charge < -0.3 is 5.32 Å². The summed E-state index contributed by atoms with van der Waals surface area (Å²) in [7, 11) is 0. The minimum atomic E-state index is 0.161. The van der Waals surface area contributed by atoms with Crippen LogP contribution >= 0.6 is 23.4 Å². The Hall–Kier alpha value is 0.110. The molecular formula is C12H22ClNOS. The Morgan fingerprint density at radius 2 is 2.31 bits per heavy atom. The van der Waals surface area contributed by atoms with Gasteiger partial charge in [-0.2, -0.15) is 0 Å². The zero-order valence-electron chi connectivity index (χ0n) is 10.2. The van der Waals surface area contributed by atoms with Crippen LogP contribution in [0.2, 0.25) is 0 Å². The van der Waals surface area contributed by atoms with Crippen LogP contribution in [-0.4, -0.2) is 29.3 Å². The summed E-state index contributed by atoms with van der Waals surface area (Å²) in [4.78, 5) is 11.8. The summed E-state index contributed by atoms with van der Waals surface area (Å²) in [5, 5.41) is 3.27. The molecule has 0 saturated carbocycles. The molecule has 0 aliphatic carbocycles. The first kappa shape index (κ1) is 14.2. The van der Waals surface area contributed by atoms with E-state index < -0.39 is 0 Å². The highest BCUT2D eigenvalue weighted by atomic mass is 35.5. The van der Waals surface area contributed by atoms with Crippen LogP contribution in [0.1, 0.15) is 39.5 Å². The van der Waals surface area contributed by atoms with Crippen molar-refractivity contribution >= 4 is 29.3 Å². The second-order valence-electron chi connectivity index (χ2n) is 5.18. The molecule has 0 bridgehead atoms. The molecule has 0 aromatic carbocycles. The first-order valence-electron chi connectivity index (χ1n) is 6.00. The van der Waals surface area contributed by atoms with E-state index in [2.05, 4.69) is 19.2 Å². The van der Waals surface area contributed by atoms with Gasteiger partial charge in [-0.1, -0.05) is 13.8 Å². The van der Waals surface area contributed by atoms with Crippen LogP contribution in [-0.2, 0) is 4.79 Å². The van der Waals surface area contributed by atoms with Gasteiger partial charge in [-0.05, 0) is 36.9 Å². The number of nitrogens with one attached hydrogen (secondary N) is 1. The molecule has 0 aromatic rings. The quantitative estimate of drug-likeness (QED) is 0.747. The number of amides is 1. The summed E-state index contributed by atoms with van der Waals surface area (Å²) in [5.74, 6) is 2.06. The van der Waals surface area contributed by atoms with Crippen molar-refractivity contribution < 1.29 is 4.79 Å². The molecular weight excluding hydrogens is 242 g/mol. The average molecular weight is 264 g/mol. The van der Waals surface area contributed by atoms with Gasteiger partial charge in [0.1, 0.15) is 0 Å². The van der Waals surface area contributed by atoms with Gasteiger partial charge in [0.05, 0.1) is 5.25 Å². The number of rotatable bonds is 6. The maximum atomic E-state index is 11.8. The van der Waals surface area contributed by atoms with E-state index in [1.54, 1.807) is 11.8 Å². The third kappa shape index (κ3) is 4.96. The Bertz CT molecular complexity index is 227. The fourth-order valence-corrected chi connectivity index (χ4v) is 3.18. The number of hydrogen-bond acceptors (Lipinski definition) is 2. The number of carbonyl (C=O) groups is 1. The Kier molecular flexibility index (Phi) is 5.98. The van der Waals surface area contributed by atoms with Crippen molar-refractivity contribution in [1.82, 2.24) is 5.32 Å². The summed E-state index contributed by atoms with van der Waals surface area (Å²) in [6, 6.07) is 0. The average Bonchev–Trinajstić information content (AvgIpc) is 2.77. The topological polar surface area (TPSA) is 29.1 Å². The highest BCUT2D eigenvalue weighted by Crippen LogP contribution is 2.27. The summed E-state index contributed by atoms with van der Waals surface area (Å²) >= 11 is 7.47. The van der Waals surface area contributed by atoms with Gasteiger partial charge in [-0.3, -0.25) is 4.79 Å². The number of hydrogen-bond donors (Lipinski definition) is 1. The summed E-state index contributed by atoms with van der Waals surface area (Å²) in [5.41, 5.74) is 0.161. The van der Waals surface area contributed by atoms with Crippen molar-refractivity contribution in [2.45, 2.75) is 44.8 Å². The fourth-order valence-electron chi connectivity index (χ4n) is 1.86.